The quantitative estimate of drug-likeness (QED) is 0.119. The van der Waals surface area contributed by atoms with E-state index in [-0.39, 0.29) is 25.4 Å². The molecule has 14 heteroatoms. The van der Waals surface area contributed by atoms with Gasteiger partial charge in [-0.15, -0.1) is 0 Å². The van der Waals surface area contributed by atoms with E-state index in [0.717, 1.165) is 36.4 Å². The molecule has 0 radical (unpaired) electrons. The number of esters is 1. The predicted molar refractivity (Wildman–Crippen MR) is 166 cm³/mol. The average molecular weight is 670 g/mol. The standard InChI is InChI=1S/C34H31F4N3O7/c1-34(2,3)48-32(44)27(40-33(45)47-18-19-7-5-4-6-8-19)13-14-46-21-16-25(37)29(26(38)17-21)41-28(42)12-11-23(31(41)39)30(43)22-10-9-20(35)15-24(22)36/h4-12,15-17,27H,13-14,18,39H2,1-3H3,(H,40,45). The van der Waals surface area contributed by atoms with Crippen molar-refractivity contribution < 1.29 is 46.2 Å². The van der Waals surface area contributed by atoms with E-state index in [2.05, 4.69) is 5.32 Å². The second kappa shape index (κ2) is 14.8. The molecule has 1 atom stereocenters. The first kappa shape index (κ1) is 35.2. The third-order valence-electron chi connectivity index (χ3n) is 6.64. The Morgan fingerprint density at radius 2 is 1.52 bits per heavy atom. The highest BCUT2D eigenvalue weighted by atomic mass is 19.1. The van der Waals surface area contributed by atoms with Crippen LogP contribution in [-0.2, 0) is 20.9 Å². The molecule has 3 aromatic carbocycles. The Bertz CT molecular complexity index is 1870. The van der Waals surface area contributed by atoms with Crippen molar-refractivity contribution in [2.24, 2.45) is 0 Å². The van der Waals surface area contributed by atoms with E-state index in [1.807, 2.05) is 0 Å². The molecule has 0 saturated heterocycles. The van der Waals surface area contributed by atoms with Gasteiger partial charge in [-0.05, 0) is 44.5 Å². The molecule has 0 aliphatic rings. The van der Waals surface area contributed by atoms with Gasteiger partial charge < -0.3 is 25.3 Å². The fourth-order valence-electron chi connectivity index (χ4n) is 4.46. The Labute approximate surface area is 272 Å². The van der Waals surface area contributed by atoms with Gasteiger partial charge in [-0.2, -0.15) is 0 Å². The van der Waals surface area contributed by atoms with Gasteiger partial charge >= 0.3 is 12.1 Å². The molecule has 1 unspecified atom stereocenters. The van der Waals surface area contributed by atoms with Crippen molar-refractivity contribution in [3.05, 3.63) is 123 Å². The van der Waals surface area contributed by atoms with Crippen LogP contribution in [0.3, 0.4) is 0 Å². The lowest BCUT2D eigenvalue weighted by Crippen LogP contribution is -2.45. The number of anilines is 1. The van der Waals surface area contributed by atoms with Gasteiger partial charge in [-0.25, -0.2) is 27.2 Å². The minimum absolute atomic E-state index is 0.0666. The highest BCUT2D eigenvalue weighted by Crippen LogP contribution is 2.27. The molecule has 0 spiro atoms. The Morgan fingerprint density at radius 1 is 0.875 bits per heavy atom. The van der Waals surface area contributed by atoms with Crippen molar-refractivity contribution in [2.75, 3.05) is 12.3 Å². The summed E-state index contributed by atoms with van der Waals surface area (Å²) in [6, 6.07) is 13.0. The second-order valence-electron chi connectivity index (χ2n) is 11.4. The lowest BCUT2D eigenvalue weighted by molar-refractivity contribution is -0.157. The Kier molecular flexibility index (Phi) is 10.9. The van der Waals surface area contributed by atoms with Crippen molar-refractivity contribution >= 4 is 23.7 Å². The number of pyridine rings is 1. The number of carbonyl (C=O) groups is 3. The number of nitrogen functional groups attached to an aromatic ring is 1. The summed E-state index contributed by atoms with van der Waals surface area (Å²) in [4.78, 5) is 50.9. The number of ether oxygens (including phenoxy) is 3. The molecule has 1 heterocycles. The first-order valence-electron chi connectivity index (χ1n) is 14.5. The fourth-order valence-corrected chi connectivity index (χ4v) is 4.46. The van der Waals surface area contributed by atoms with E-state index < -0.39 is 80.9 Å². The molecule has 0 aliphatic carbocycles. The molecule has 48 heavy (non-hydrogen) atoms. The number of nitrogens with zero attached hydrogens (tertiary/aromatic N) is 1. The lowest BCUT2D eigenvalue weighted by atomic mass is 10.0. The molecule has 10 nitrogen and oxygen atoms in total. The Morgan fingerprint density at radius 3 is 2.15 bits per heavy atom. The maximum Gasteiger partial charge on any atom is 0.408 e. The molecule has 1 aromatic heterocycles. The van der Waals surface area contributed by atoms with Crippen LogP contribution in [0, 0.1) is 23.3 Å². The van der Waals surface area contributed by atoms with Gasteiger partial charge in [0.05, 0.1) is 17.7 Å². The summed E-state index contributed by atoms with van der Waals surface area (Å²) in [6.45, 7) is 4.48. The zero-order chi connectivity index (χ0) is 35.2. The molecule has 0 bridgehead atoms. The summed E-state index contributed by atoms with van der Waals surface area (Å²) in [5.74, 6) is -7.69. The van der Waals surface area contributed by atoms with E-state index in [1.54, 1.807) is 51.1 Å². The molecule has 0 aliphatic heterocycles. The van der Waals surface area contributed by atoms with Gasteiger partial charge in [0.2, 0.25) is 0 Å². The topological polar surface area (TPSA) is 139 Å². The number of ketones is 1. The number of aromatic nitrogens is 1. The van der Waals surface area contributed by atoms with Gasteiger partial charge in [-0.1, -0.05) is 30.3 Å². The number of nitrogens with one attached hydrogen (secondary N) is 1. The lowest BCUT2D eigenvalue weighted by Gasteiger charge is -2.24. The van der Waals surface area contributed by atoms with Crippen LogP contribution in [0.5, 0.6) is 5.75 Å². The largest absolute Gasteiger partial charge is 0.493 e. The number of hydrogen-bond donors (Lipinski definition) is 2. The third-order valence-corrected chi connectivity index (χ3v) is 6.64. The molecule has 0 fully saturated rings. The maximum atomic E-state index is 15.3. The van der Waals surface area contributed by atoms with Crippen molar-refractivity contribution in [3.8, 4) is 11.4 Å². The summed E-state index contributed by atoms with van der Waals surface area (Å²) in [7, 11) is 0. The zero-order valence-electron chi connectivity index (χ0n) is 26.0. The molecular formula is C34H31F4N3O7. The first-order valence-corrected chi connectivity index (χ1v) is 14.5. The summed E-state index contributed by atoms with van der Waals surface area (Å²) in [5, 5.41) is 2.41. The van der Waals surface area contributed by atoms with Gasteiger partial charge in [0.25, 0.3) is 5.56 Å². The Balaban J connectivity index is 1.51. The monoisotopic (exact) mass is 669 g/mol. The number of rotatable bonds is 11. The molecule has 252 valence electrons. The molecule has 3 N–H and O–H groups in total. The summed E-state index contributed by atoms with van der Waals surface area (Å²) < 4.78 is 74.7. The van der Waals surface area contributed by atoms with Crippen LogP contribution in [-0.4, -0.2) is 40.7 Å². The predicted octanol–water partition coefficient (Wildman–Crippen LogP) is 5.61. The first-order chi connectivity index (χ1) is 22.6. The summed E-state index contributed by atoms with van der Waals surface area (Å²) in [6.07, 6.45) is -1.11. The van der Waals surface area contributed by atoms with E-state index in [9.17, 15) is 28.0 Å². The number of halogens is 4. The van der Waals surface area contributed by atoms with Crippen LogP contribution in [0.1, 0.15) is 48.7 Å². The van der Waals surface area contributed by atoms with Gasteiger partial charge in [0.1, 0.15) is 47.1 Å². The average Bonchev–Trinajstić information content (AvgIpc) is 3.00. The highest BCUT2D eigenvalue weighted by Gasteiger charge is 2.28. The highest BCUT2D eigenvalue weighted by molar-refractivity contribution is 6.11. The SMILES string of the molecule is CC(C)(C)OC(=O)C(CCOc1cc(F)c(-n2c(N)c(C(=O)c3ccc(F)cc3F)ccc2=O)c(F)c1)NC(=O)OCc1ccccc1. The third kappa shape index (κ3) is 8.78. The minimum atomic E-state index is -1.32. The van der Waals surface area contributed by atoms with Crippen LogP contribution in [0.15, 0.2) is 77.6 Å². The maximum absolute atomic E-state index is 15.3. The van der Waals surface area contributed by atoms with Crippen molar-refractivity contribution in [3.63, 3.8) is 0 Å². The van der Waals surface area contributed by atoms with E-state index in [1.165, 1.54) is 0 Å². The smallest absolute Gasteiger partial charge is 0.408 e. The normalized spacial score (nSPS) is 11.8. The number of amides is 1. The van der Waals surface area contributed by atoms with Crippen LogP contribution in [0.25, 0.3) is 5.69 Å². The number of nitrogens with two attached hydrogens (primary N) is 1. The molecule has 1 amide bonds. The van der Waals surface area contributed by atoms with Crippen molar-refractivity contribution in [2.45, 2.75) is 45.4 Å². The van der Waals surface area contributed by atoms with Crippen molar-refractivity contribution in [1.29, 1.82) is 0 Å². The van der Waals surface area contributed by atoms with Gasteiger partial charge in [-0.3, -0.25) is 14.2 Å². The molecular weight excluding hydrogens is 638 g/mol. The Hall–Kier alpha value is -5.66. The van der Waals surface area contributed by atoms with E-state index in [0.29, 0.717) is 16.2 Å². The fraction of sp³-hybridized carbons (Fsp3) is 0.235. The van der Waals surface area contributed by atoms with Gasteiger partial charge in [0, 0.05) is 30.7 Å². The van der Waals surface area contributed by atoms with Crippen LogP contribution in [0.4, 0.5) is 28.2 Å². The van der Waals surface area contributed by atoms with Crippen molar-refractivity contribution in [1.82, 2.24) is 9.88 Å². The number of benzene rings is 3. The van der Waals surface area contributed by atoms with Crippen LogP contribution in [0.2, 0.25) is 0 Å². The van der Waals surface area contributed by atoms with E-state index >= 15 is 8.78 Å². The summed E-state index contributed by atoms with van der Waals surface area (Å²) >= 11 is 0. The van der Waals surface area contributed by atoms with Gasteiger partial charge in [0.15, 0.2) is 17.4 Å². The molecule has 4 rings (SSSR count). The number of alkyl carbamates (subject to hydrolysis) is 1. The van der Waals surface area contributed by atoms with Crippen LogP contribution < -0.4 is 21.3 Å². The second-order valence-corrected chi connectivity index (χ2v) is 11.4. The van der Waals surface area contributed by atoms with E-state index in [4.69, 9.17) is 19.9 Å². The minimum Gasteiger partial charge on any atom is -0.493 e. The number of carbonyl (C=O) groups excluding carboxylic acids is 3. The zero-order valence-corrected chi connectivity index (χ0v) is 26.0. The summed E-state index contributed by atoms with van der Waals surface area (Å²) in [5.41, 5.74) is 2.78. The molecule has 0 saturated carbocycles. The van der Waals surface area contributed by atoms with Crippen LogP contribution >= 0.6 is 0 Å². The number of hydrogen-bond acceptors (Lipinski definition) is 8. The molecule has 4 aromatic rings.